The number of allylic oxidation sites excluding steroid dienone is 1. The van der Waals surface area contributed by atoms with Crippen LogP contribution < -0.4 is 0 Å². The van der Waals surface area contributed by atoms with Crippen molar-refractivity contribution in [3.05, 3.63) is 80.4 Å². The first-order chi connectivity index (χ1) is 30.9. The number of carbonyl (C=O) groups excluding carboxylic acids is 4. The highest BCUT2D eigenvalue weighted by atomic mass is 16.5. The Morgan fingerprint density at radius 2 is 1.37 bits per heavy atom. The molecule has 3 aromatic heterocycles. The largest absolute Gasteiger partial charge is 0.468 e. The molecule has 3 aromatic rings. The van der Waals surface area contributed by atoms with E-state index in [-0.39, 0.29) is 54.2 Å². The summed E-state index contributed by atoms with van der Waals surface area (Å²) in [4.78, 5) is 72.1. The number of ketones is 2. The SMILES string of the molecule is CC[C@H]1c2cc3[nH]c4c(c3C)C(=O)[C@H](C(=O)OC)c4c3nc(cc4[nH]c(cc(n2)[C@@H]1C)c(C(C)=O)c4C)[C@@H](C)C3CCC(=O)OC/C=C(\C)CCC[C@H](C)CCC[C@H](C)CCCC(C)C. The third kappa shape index (κ3) is 11.1. The molecule has 8 bridgehead atoms. The molecule has 0 amide bonds. The summed E-state index contributed by atoms with van der Waals surface area (Å²) in [7, 11) is 1.30. The van der Waals surface area contributed by atoms with E-state index in [2.05, 4.69) is 65.4 Å². The van der Waals surface area contributed by atoms with Crippen molar-refractivity contribution in [1.82, 2.24) is 19.9 Å². The Labute approximate surface area is 387 Å². The molecule has 65 heavy (non-hydrogen) atoms. The van der Waals surface area contributed by atoms with Crippen LogP contribution in [0.4, 0.5) is 0 Å². The van der Waals surface area contributed by atoms with Crippen LogP contribution in [0.25, 0.3) is 22.1 Å². The van der Waals surface area contributed by atoms with Crippen molar-refractivity contribution in [1.29, 1.82) is 0 Å². The molecule has 0 saturated heterocycles. The molecule has 0 fully saturated rings. The van der Waals surface area contributed by atoms with Crippen molar-refractivity contribution in [3.8, 4) is 0 Å². The van der Waals surface area contributed by atoms with E-state index in [1.807, 2.05) is 38.1 Å². The number of Topliss-reactive ketones (excluding diaryl/α,β-unsaturated/α-hetero) is 2. The maximum atomic E-state index is 14.4. The minimum absolute atomic E-state index is 0.0532. The summed E-state index contributed by atoms with van der Waals surface area (Å²) in [6, 6.07) is 5.99. The van der Waals surface area contributed by atoms with Crippen LogP contribution >= 0.6 is 0 Å². The number of aryl methyl sites for hydroxylation is 2. The van der Waals surface area contributed by atoms with Crippen molar-refractivity contribution in [2.75, 3.05) is 13.7 Å². The number of aromatic amines is 2. The van der Waals surface area contributed by atoms with Crippen molar-refractivity contribution in [2.45, 2.75) is 183 Å². The number of carbonyl (C=O) groups is 4. The molecule has 2 N–H and O–H groups in total. The summed E-state index contributed by atoms with van der Waals surface area (Å²) in [5.74, 6) is -0.573. The van der Waals surface area contributed by atoms with Crippen LogP contribution in [-0.4, -0.2) is 57.2 Å². The van der Waals surface area contributed by atoms with E-state index in [0.29, 0.717) is 45.8 Å². The lowest BCUT2D eigenvalue weighted by Crippen LogP contribution is -2.21. The number of H-pyrrole nitrogens is 2. The summed E-state index contributed by atoms with van der Waals surface area (Å²) in [5.41, 5.74) is 10.1. The molecule has 0 aromatic carbocycles. The molecular weight excluding hydrogens is 813 g/mol. The predicted molar refractivity (Wildman–Crippen MR) is 261 cm³/mol. The van der Waals surface area contributed by atoms with Gasteiger partial charge in [-0.1, -0.05) is 99.0 Å². The van der Waals surface area contributed by atoms with E-state index in [0.717, 1.165) is 70.3 Å². The van der Waals surface area contributed by atoms with E-state index >= 15 is 0 Å². The molecule has 2 aliphatic heterocycles. The summed E-state index contributed by atoms with van der Waals surface area (Å²) < 4.78 is 11.1. The highest BCUT2D eigenvalue weighted by Crippen LogP contribution is 2.48. The van der Waals surface area contributed by atoms with E-state index in [9.17, 15) is 19.2 Å². The first-order valence-corrected chi connectivity index (χ1v) is 24.7. The maximum Gasteiger partial charge on any atom is 0.321 e. The Bertz CT molecular complexity index is 2450. The number of nitrogens with one attached hydrogen (secondary N) is 2. The molecule has 7 atom stereocenters. The second-order valence-corrected chi connectivity index (χ2v) is 20.3. The van der Waals surface area contributed by atoms with Crippen LogP contribution in [0.3, 0.4) is 0 Å². The normalized spacial score (nSPS) is 20.4. The minimum atomic E-state index is -1.21. The van der Waals surface area contributed by atoms with Crippen LogP contribution in [0.5, 0.6) is 0 Å². The summed E-state index contributed by atoms with van der Waals surface area (Å²) in [6.07, 6.45) is 14.6. The minimum Gasteiger partial charge on any atom is -0.468 e. The molecule has 10 heteroatoms. The zero-order valence-electron chi connectivity index (χ0n) is 41.5. The lowest BCUT2D eigenvalue weighted by molar-refractivity contribution is -0.143. The van der Waals surface area contributed by atoms with E-state index < -0.39 is 11.9 Å². The van der Waals surface area contributed by atoms with Gasteiger partial charge in [0.1, 0.15) is 12.5 Å². The fraction of sp³-hybridized carbons (Fsp3) is 0.600. The van der Waals surface area contributed by atoms with Gasteiger partial charge in [0.05, 0.1) is 23.8 Å². The van der Waals surface area contributed by atoms with E-state index in [1.54, 1.807) is 6.92 Å². The second kappa shape index (κ2) is 21.6. The van der Waals surface area contributed by atoms with Gasteiger partial charge in [-0.05, 0) is 107 Å². The lowest BCUT2D eigenvalue weighted by Gasteiger charge is -2.18. The second-order valence-electron chi connectivity index (χ2n) is 20.3. The molecule has 10 nitrogen and oxygen atoms in total. The molecule has 6 rings (SSSR count). The first kappa shape index (κ1) is 49.6. The van der Waals surface area contributed by atoms with Gasteiger partial charge in [-0.25, -0.2) is 0 Å². The molecular formula is C55H76N4O6. The number of methoxy groups -OCH3 is 1. The molecule has 1 aliphatic carbocycles. The van der Waals surface area contributed by atoms with Gasteiger partial charge < -0.3 is 19.4 Å². The van der Waals surface area contributed by atoms with Crippen molar-refractivity contribution in [3.63, 3.8) is 0 Å². The third-order valence-electron chi connectivity index (χ3n) is 14.9. The standard InChI is InChI=1S/C55H76N4O6/c1-13-39-34(7)41-29-46-48(38(11)60)36(9)43(57-46)27-42-35(8)40(52(58-42)50-51(55(63)64-12)54(62)49-37(10)44(59-53(49)50)28-45(39)56-41)23-24-47(61)65-26-25-33(6)22-16-21-32(5)20-15-19-31(4)18-14-17-30(2)3/h25,27-32,34-35,39-40,51,57,59H,13-24,26H2,1-12H3/b33-25+,41-29?,42-27?,43-27?,44-28?,45-28?,46-29?,52-50?/t31-,32-,34-,35+,39-,40?,51-/m1/s1. The maximum absolute atomic E-state index is 14.4. The van der Waals surface area contributed by atoms with E-state index in [4.69, 9.17) is 19.4 Å². The average molecular weight is 889 g/mol. The van der Waals surface area contributed by atoms with Crippen molar-refractivity contribution < 1.29 is 28.7 Å². The Morgan fingerprint density at radius 1 is 0.769 bits per heavy atom. The van der Waals surface area contributed by atoms with Gasteiger partial charge >= 0.3 is 11.9 Å². The molecule has 3 aliphatic rings. The average Bonchev–Trinajstić information content (AvgIpc) is 4.00. The Hall–Kier alpha value is -4.86. The van der Waals surface area contributed by atoms with Crippen LogP contribution in [0, 0.1) is 31.6 Å². The topological polar surface area (TPSA) is 144 Å². The molecule has 0 spiro atoms. The predicted octanol–water partition coefficient (Wildman–Crippen LogP) is 13.5. The highest BCUT2D eigenvalue weighted by molar-refractivity contribution is 6.23. The number of nitrogens with zero attached hydrogens (tertiary/aromatic N) is 2. The zero-order valence-corrected chi connectivity index (χ0v) is 41.5. The molecule has 1 unspecified atom stereocenters. The van der Waals surface area contributed by atoms with Crippen molar-refractivity contribution in [2.24, 2.45) is 17.8 Å². The number of fused-ring (bicyclic) bond motifs is 8. The zero-order chi connectivity index (χ0) is 47.3. The Morgan fingerprint density at radius 3 is 2.02 bits per heavy atom. The van der Waals surface area contributed by atoms with Gasteiger partial charge in [0.25, 0.3) is 0 Å². The first-order valence-electron chi connectivity index (χ1n) is 24.7. The van der Waals surface area contributed by atoms with Gasteiger partial charge in [0, 0.05) is 74.9 Å². The molecule has 352 valence electrons. The van der Waals surface area contributed by atoms with Crippen LogP contribution in [0.1, 0.15) is 229 Å². The summed E-state index contributed by atoms with van der Waals surface area (Å²) >= 11 is 0. The smallest absolute Gasteiger partial charge is 0.321 e. The number of hydrogen-bond donors (Lipinski definition) is 2. The van der Waals surface area contributed by atoms with Crippen LogP contribution in [0.15, 0.2) is 29.8 Å². The summed E-state index contributed by atoms with van der Waals surface area (Å²) in [5, 5.41) is 0. The summed E-state index contributed by atoms with van der Waals surface area (Å²) in [6.45, 7) is 23.5. The fourth-order valence-corrected chi connectivity index (χ4v) is 10.8. The third-order valence-corrected chi connectivity index (χ3v) is 14.9. The van der Waals surface area contributed by atoms with E-state index in [1.165, 1.54) is 57.6 Å². The highest BCUT2D eigenvalue weighted by Gasteiger charge is 2.45. The van der Waals surface area contributed by atoms with Crippen LogP contribution in [-0.2, 0) is 19.1 Å². The van der Waals surface area contributed by atoms with Gasteiger partial charge in [-0.15, -0.1) is 0 Å². The van der Waals surface area contributed by atoms with Crippen molar-refractivity contribution >= 4 is 45.6 Å². The van der Waals surface area contributed by atoms with Gasteiger partial charge in [0.15, 0.2) is 11.6 Å². The number of rotatable bonds is 20. The fourth-order valence-electron chi connectivity index (χ4n) is 10.8. The Balaban J connectivity index is 1.25. The van der Waals surface area contributed by atoms with Gasteiger partial charge in [-0.3, -0.25) is 29.1 Å². The molecule has 0 saturated carbocycles. The quantitative estimate of drug-likeness (QED) is 0.0494. The number of esters is 2. The Kier molecular flexibility index (Phi) is 16.5. The monoisotopic (exact) mass is 889 g/mol. The van der Waals surface area contributed by atoms with Gasteiger partial charge in [-0.2, -0.15) is 0 Å². The number of aromatic nitrogens is 4. The number of hydrogen-bond acceptors (Lipinski definition) is 8. The molecule has 5 heterocycles. The number of ether oxygens (including phenoxy) is 2. The van der Waals surface area contributed by atoms with Gasteiger partial charge in [0.2, 0.25) is 0 Å². The lowest BCUT2D eigenvalue weighted by atomic mass is 9.84. The van der Waals surface area contributed by atoms with Crippen LogP contribution in [0.2, 0.25) is 0 Å². The molecule has 0 radical (unpaired) electrons.